The van der Waals surface area contributed by atoms with Crippen LogP contribution in [0.4, 0.5) is 5.69 Å². The van der Waals surface area contributed by atoms with E-state index in [1.807, 2.05) is 52.0 Å². The van der Waals surface area contributed by atoms with Gasteiger partial charge < -0.3 is 5.32 Å². The Balaban J connectivity index is 3.16. The van der Waals surface area contributed by atoms with Crippen LogP contribution in [-0.4, -0.2) is 0 Å². The van der Waals surface area contributed by atoms with Gasteiger partial charge in [0.2, 0.25) is 0 Å². The van der Waals surface area contributed by atoms with E-state index in [0.29, 0.717) is 0 Å². The number of hydrogen-bond donors (Lipinski definition) is 1. The van der Waals surface area contributed by atoms with Gasteiger partial charge in [0.1, 0.15) is 0 Å². The van der Waals surface area contributed by atoms with Crippen molar-refractivity contribution in [2.45, 2.75) is 27.7 Å². The predicted octanol–water partition coefficient (Wildman–Crippen LogP) is 5.40. The molecule has 96 valence electrons. The van der Waals surface area contributed by atoms with E-state index in [2.05, 4.69) is 18.0 Å². The molecule has 0 aromatic heterocycles. The molecule has 1 aromatic carbocycles. The molecule has 0 atom stereocenters. The van der Waals surface area contributed by atoms with Crippen LogP contribution >= 0.6 is 11.6 Å². The Labute approximate surface area is 115 Å². The van der Waals surface area contributed by atoms with Crippen molar-refractivity contribution >= 4 is 17.3 Å². The molecule has 18 heavy (non-hydrogen) atoms. The fraction of sp³-hybridized carbons (Fsp3) is 0.250. The molecular weight excluding hydrogens is 242 g/mol. The van der Waals surface area contributed by atoms with Crippen molar-refractivity contribution in [1.29, 1.82) is 0 Å². The smallest absolute Gasteiger partial charge is 0.0672 e. The highest BCUT2D eigenvalue weighted by Gasteiger charge is 2.08. The summed E-state index contributed by atoms with van der Waals surface area (Å²) >= 11 is 6.34. The van der Waals surface area contributed by atoms with Crippen molar-refractivity contribution in [1.82, 2.24) is 0 Å². The van der Waals surface area contributed by atoms with E-state index in [0.717, 1.165) is 33.1 Å². The lowest BCUT2D eigenvalue weighted by molar-refractivity contribution is 1.31. The third-order valence-corrected chi connectivity index (χ3v) is 3.21. The summed E-state index contributed by atoms with van der Waals surface area (Å²) in [5.41, 5.74) is 5.10. The molecule has 0 aliphatic carbocycles. The normalized spacial score (nSPS) is 11.9. The van der Waals surface area contributed by atoms with Gasteiger partial charge in [0.15, 0.2) is 0 Å². The van der Waals surface area contributed by atoms with Crippen LogP contribution in [0, 0.1) is 13.8 Å². The zero-order valence-electron chi connectivity index (χ0n) is 11.5. The maximum absolute atomic E-state index is 6.34. The molecule has 0 heterocycles. The van der Waals surface area contributed by atoms with E-state index < -0.39 is 0 Å². The van der Waals surface area contributed by atoms with Gasteiger partial charge in [0.25, 0.3) is 0 Å². The lowest BCUT2D eigenvalue weighted by Gasteiger charge is -2.16. The summed E-state index contributed by atoms with van der Waals surface area (Å²) in [6, 6.07) is 4.09. The SMILES string of the molecule is C=C(C)/C(=C\C=C/C)Nc1c(C)ccc(C)c1Cl. The standard InChI is InChI=1S/C16H20ClN/c1-6-7-8-14(11(2)3)18-16-13(5)10-9-12(4)15(16)17/h6-10,18H,2H2,1,3-5H3/b7-6-,14-8+. The van der Waals surface area contributed by atoms with Gasteiger partial charge in [-0.2, -0.15) is 0 Å². The summed E-state index contributed by atoms with van der Waals surface area (Å²) in [4.78, 5) is 0. The van der Waals surface area contributed by atoms with Gasteiger partial charge in [0, 0.05) is 5.70 Å². The van der Waals surface area contributed by atoms with Crippen molar-refractivity contribution in [2.75, 3.05) is 5.32 Å². The number of nitrogens with one attached hydrogen (secondary N) is 1. The van der Waals surface area contributed by atoms with Crippen LogP contribution in [0.3, 0.4) is 0 Å². The Hall–Kier alpha value is -1.47. The van der Waals surface area contributed by atoms with Crippen molar-refractivity contribution in [3.8, 4) is 0 Å². The maximum Gasteiger partial charge on any atom is 0.0672 e. The quantitative estimate of drug-likeness (QED) is 0.715. The van der Waals surface area contributed by atoms with E-state index in [1.165, 1.54) is 0 Å². The van der Waals surface area contributed by atoms with Crippen LogP contribution in [0.5, 0.6) is 0 Å². The molecular formula is C16H20ClN. The van der Waals surface area contributed by atoms with Crippen molar-refractivity contribution in [2.24, 2.45) is 0 Å². The monoisotopic (exact) mass is 261 g/mol. The lowest BCUT2D eigenvalue weighted by atomic mass is 10.1. The van der Waals surface area contributed by atoms with Crippen molar-refractivity contribution < 1.29 is 0 Å². The Morgan fingerprint density at radius 2 is 1.89 bits per heavy atom. The van der Waals surface area contributed by atoms with Crippen molar-refractivity contribution in [3.05, 3.63) is 64.4 Å². The molecule has 0 spiro atoms. The van der Waals surface area contributed by atoms with E-state index in [4.69, 9.17) is 11.6 Å². The topological polar surface area (TPSA) is 12.0 Å². The van der Waals surface area contributed by atoms with E-state index >= 15 is 0 Å². The van der Waals surface area contributed by atoms with Gasteiger partial charge in [0.05, 0.1) is 10.7 Å². The fourth-order valence-corrected chi connectivity index (χ4v) is 1.81. The number of anilines is 1. The molecule has 0 aliphatic rings. The molecule has 1 aromatic rings. The largest absolute Gasteiger partial charge is 0.354 e. The molecule has 0 fully saturated rings. The Kier molecular flexibility index (Phi) is 5.24. The van der Waals surface area contributed by atoms with Crippen LogP contribution < -0.4 is 5.32 Å². The average Bonchev–Trinajstić information content (AvgIpc) is 2.33. The highest BCUT2D eigenvalue weighted by molar-refractivity contribution is 6.34. The molecule has 1 N–H and O–H groups in total. The zero-order valence-corrected chi connectivity index (χ0v) is 12.2. The number of hydrogen-bond acceptors (Lipinski definition) is 1. The first-order chi connectivity index (χ1) is 8.47. The molecule has 0 amide bonds. The molecule has 0 saturated heterocycles. The zero-order chi connectivity index (χ0) is 13.7. The van der Waals surface area contributed by atoms with Gasteiger partial charge in [-0.3, -0.25) is 0 Å². The highest BCUT2D eigenvalue weighted by atomic mass is 35.5. The summed E-state index contributed by atoms with van der Waals surface area (Å²) in [7, 11) is 0. The van der Waals surface area contributed by atoms with Crippen LogP contribution in [0.15, 0.2) is 48.2 Å². The summed E-state index contributed by atoms with van der Waals surface area (Å²) in [5, 5.41) is 4.14. The second kappa shape index (κ2) is 6.46. The number of benzene rings is 1. The lowest BCUT2D eigenvalue weighted by Crippen LogP contribution is -2.03. The first-order valence-electron chi connectivity index (χ1n) is 5.99. The Bertz CT molecular complexity index is 510. The molecule has 0 bridgehead atoms. The Morgan fingerprint density at radius 1 is 1.28 bits per heavy atom. The molecule has 0 aliphatic heterocycles. The summed E-state index contributed by atoms with van der Waals surface area (Å²) in [5.74, 6) is 0. The summed E-state index contributed by atoms with van der Waals surface area (Å²) in [6.07, 6.45) is 5.96. The van der Waals surface area contributed by atoms with Crippen molar-refractivity contribution in [3.63, 3.8) is 0 Å². The minimum Gasteiger partial charge on any atom is -0.354 e. The highest BCUT2D eigenvalue weighted by Crippen LogP contribution is 2.30. The minimum absolute atomic E-state index is 0.766. The van der Waals surface area contributed by atoms with Gasteiger partial charge in [-0.15, -0.1) is 0 Å². The van der Waals surface area contributed by atoms with Crippen LogP contribution in [0.25, 0.3) is 0 Å². The second-order valence-electron chi connectivity index (χ2n) is 4.40. The van der Waals surface area contributed by atoms with Crippen LogP contribution in [0.1, 0.15) is 25.0 Å². The predicted molar refractivity (Wildman–Crippen MR) is 82.3 cm³/mol. The minimum atomic E-state index is 0.766. The average molecular weight is 262 g/mol. The van der Waals surface area contributed by atoms with Crippen LogP contribution in [-0.2, 0) is 0 Å². The van der Waals surface area contributed by atoms with Gasteiger partial charge in [-0.05, 0) is 50.5 Å². The maximum atomic E-state index is 6.34. The first-order valence-corrected chi connectivity index (χ1v) is 6.36. The summed E-state index contributed by atoms with van der Waals surface area (Å²) < 4.78 is 0. The molecule has 0 saturated carbocycles. The molecule has 1 rings (SSSR count). The molecule has 0 radical (unpaired) electrons. The number of aryl methyl sites for hydroxylation is 2. The summed E-state index contributed by atoms with van der Waals surface area (Å²) in [6.45, 7) is 12.0. The number of halogens is 1. The van der Waals surface area contributed by atoms with Gasteiger partial charge in [-0.25, -0.2) is 0 Å². The number of rotatable bonds is 4. The van der Waals surface area contributed by atoms with Crippen LogP contribution in [0.2, 0.25) is 5.02 Å². The fourth-order valence-electron chi connectivity index (χ4n) is 1.55. The third-order valence-electron chi connectivity index (χ3n) is 2.72. The van der Waals surface area contributed by atoms with Gasteiger partial charge in [-0.1, -0.05) is 42.5 Å². The van der Waals surface area contributed by atoms with E-state index in [-0.39, 0.29) is 0 Å². The molecule has 2 heteroatoms. The number of allylic oxidation sites excluding steroid dienone is 4. The second-order valence-corrected chi connectivity index (χ2v) is 4.78. The molecule has 1 nitrogen and oxygen atoms in total. The Morgan fingerprint density at radius 3 is 2.44 bits per heavy atom. The molecule has 0 unspecified atom stereocenters. The van der Waals surface area contributed by atoms with Gasteiger partial charge >= 0.3 is 0 Å². The van der Waals surface area contributed by atoms with E-state index in [9.17, 15) is 0 Å². The first kappa shape index (κ1) is 14.6. The van der Waals surface area contributed by atoms with E-state index in [1.54, 1.807) is 0 Å². The third kappa shape index (κ3) is 3.51.